The number of benzene rings is 3. The fourth-order valence-electron chi connectivity index (χ4n) is 6.11. The minimum atomic E-state index is 0.710. The number of rotatable bonds is 32. The lowest BCUT2D eigenvalue weighted by Gasteiger charge is -2.17. The van der Waals surface area contributed by atoms with Gasteiger partial charge in [-0.15, -0.1) is 0 Å². The molecule has 4 nitrogen and oxygen atoms in total. The maximum atomic E-state index is 6.41. The van der Waals surface area contributed by atoms with Crippen molar-refractivity contribution in [2.75, 3.05) is 47.7 Å². The molecule has 0 radical (unpaired) electrons. The lowest BCUT2D eigenvalue weighted by Crippen LogP contribution is -2.03. The van der Waals surface area contributed by atoms with Crippen molar-refractivity contribution in [2.45, 2.75) is 128 Å². The van der Waals surface area contributed by atoms with Crippen molar-refractivity contribution < 1.29 is 18.9 Å². The molecule has 8 heteroatoms. The van der Waals surface area contributed by atoms with Crippen LogP contribution in [-0.2, 0) is 0 Å². The van der Waals surface area contributed by atoms with E-state index in [0.717, 1.165) is 91.5 Å². The Labute approximate surface area is 337 Å². The van der Waals surface area contributed by atoms with Crippen molar-refractivity contribution in [3.8, 4) is 23.0 Å². The third-order valence-corrected chi connectivity index (χ3v) is 11.3. The van der Waals surface area contributed by atoms with Crippen molar-refractivity contribution in [1.82, 2.24) is 0 Å². The molecule has 0 aromatic heterocycles. The van der Waals surface area contributed by atoms with Crippen LogP contribution < -0.4 is 18.9 Å². The zero-order valence-electron chi connectivity index (χ0n) is 30.4. The zero-order valence-corrected chi connectivity index (χ0v) is 36.8. The third-order valence-electron chi connectivity index (χ3n) is 9.06. The quantitative estimate of drug-likeness (QED) is 0.0355. The summed E-state index contributed by atoms with van der Waals surface area (Å²) in [5.41, 5.74) is 0. The van der Waals surface area contributed by atoms with Crippen LogP contribution >= 0.6 is 63.7 Å². The summed E-state index contributed by atoms with van der Waals surface area (Å²) >= 11 is 14.2. The Morgan fingerprint density at radius 2 is 0.460 bits per heavy atom. The summed E-state index contributed by atoms with van der Waals surface area (Å²) in [7, 11) is 0. The van der Waals surface area contributed by atoms with Crippen LogP contribution in [0.4, 0.5) is 0 Å². The highest BCUT2D eigenvalue weighted by molar-refractivity contribution is 9.09. The molecule has 0 aliphatic carbocycles. The van der Waals surface area contributed by atoms with Gasteiger partial charge in [-0.25, -0.2) is 0 Å². The molecule has 0 unspecified atom stereocenters. The van der Waals surface area contributed by atoms with Crippen LogP contribution in [0.1, 0.15) is 128 Å². The molecule has 0 aliphatic rings. The second-order valence-electron chi connectivity index (χ2n) is 13.4. The Hall–Kier alpha value is -0.700. The normalized spacial score (nSPS) is 11.4. The topological polar surface area (TPSA) is 36.9 Å². The Bertz CT molecular complexity index is 1110. The van der Waals surface area contributed by atoms with E-state index in [2.05, 4.69) is 100 Å². The smallest absolute Gasteiger partial charge is 0.161 e. The van der Waals surface area contributed by atoms with Crippen LogP contribution in [0, 0.1) is 0 Å². The highest BCUT2D eigenvalue weighted by atomic mass is 79.9. The molecule has 0 spiro atoms. The van der Waals surface area contributed by atoms with Crippen molar-refractivity contribution in [2.24, 2.45) is 0 Å². The first kappa shape index (κ1) is 43.7. The fourth-order valence-corrected chi connectivity index (χ4v) is 7.69. The van der Waals surface area contributed by atoms with Crippen molar-refractivity contribution in [1.29, 1.82) is 0 Å². The number of hydrogen-bond donors (Lipinski definition) is 0. The van der Waals surface area contributed by atoms with E-state index in [4.69, 9.17) is 18.9 Å². The summed E-state index contributed by atoms with van der Waals surface area (Å²) in [6, 6.07) is 13.3. The van der Waals surface area contributed by atoms with Crippen LogP contribution in [0.3, 0.4) is 0 Å². The van der Waals surface area contributed by atoms with E-state index in [1.54, 1.807) is 0 Å². The molecule has 282 valence electrons. The van der Waals surface area contributed by atoms with Crippen molar-refractivity contribution in [3.05, 3.63) is 36.4 Å². The van der Waals surface area contributed by atoms with E-state index in [0.29, 0.717) is 26.4 Å². The van der Waals surface area contributed by atoms with Gasteiger partial charge in [-0.2, -0.15) is 0 Å². The van der Waals surface area contributed by atoms with Gasteiger partial charge in [0, 0.05) is 21.3 Å². The number of unbranched alkanes of at least 4 members (excludes halogenated alkanes) is 16. The van der Waals surface area contributed by atoms with Crippen LogP contribution in [0.5, 0.6) is 23.0 Å². The van der Waals surface area contributed by atoms with E-state index >= 15 is 0 Å². The first-order valence-corrected chi connectivity index (χ1v) is 24.0. The van der Waals surface area contributed by atoms with Gasteiger partial charge >= 0.3 is 0 Å². The summed E-state index contributed by atoms with van der Waals surface area (Å²) < 4.78 is 25.7. The molecule has 0 N–H and O–H groups in total. The van der Waals surface area contributed by atoms with Gasteiger partial charge in [-0.1, -0.05) is 141 Å². The van der Waals surface area contributed by atoms with Gasteiger partial charge in [0.1, 0.15) is 0 Å². The number of alkyl halides is 4. The van der Waals surface area contributed by atoms with Gasteiger partial charge in [-0.05, 0) is 109 Å². The zero-order chi connectivity index (χ0) is 35.5. The molecule has 0 amide bonds. The monoisotopic (exact) mass is 946 g/mol. The van der Waals surface area contributed by atoms with E-state index in [1.807, 2.05) is 0 Å². The molecule has 0 aliphatic heterocycles. The summed E-state index contributed by atoms with van der Waals surface area (Å²) in [6.45, 7) is 2.84. The van der Waals surface area contributed by atoms with E-state index in [-0.39, 0.29) is 0 Å². The molecule has 3 aromatic rings. The summed E-state index contributed by atoms with van der Waals surface area (Å²) in [6.07, 6.45) is 24.0. The lowest BCUT2D eigenvalue weighted by atomic mass is 10.0. The molecule has 3 aromatic carbocycles. The van der Waals surface area contributed by atoms with Gasteiger partial charge in [0.2, 0.25) is 0 Å². The van der Waals surface area contributed by atoms with Gasteiger partial charge < -0.3 is 18.9 Å². The molecule has 0 bridgehead atoms. The highest BCUT2D eigenvalue weighted by Crippen LogP contribution is 2.39. The largest absolute Gasteiger partial charge is 0.490 e. The standard InChI is InChI=1S/C42H62Br4O4/c43-21-13-5-1-9-17-25-47-39-31-35-29-37-33-41(49-27-19-11-3-7-15-23-45)42(50-28-20-12-4-8-16-24-46)34-38(37)30-36(35)32-40(39)48-26-18-10-2-6-14-22-44/h29-34H,1-28H2. The highest BCUT2D eigenvalue weighted by Gasteiger charge is 2.13. The van der Waals surface area contributed by atoms with Crippen molar-refractivity contribution in [3.63, 3.8) is 0 Å². The lowest BCUT2D eigenvalue weighted by molar-refractivity contribution is 0.259. The summed E-state index contributed by atoms with van der Waals surface area (Å²) in [4.78, 5) is 0. The Morgan fingerprint density at radius 3 is 0.680 bits per heavy atom. The predicted molar refractivity (Wildman–Crippen MR) is 231 cm³/mol. The van der Waals surface area contributed by atoms with Crippen molar-refractivity contribution >= 4 is 85.3 Å². The minimum absolute atomic E-state index is 0.710. The second kappa shape index (κ2) is 28.8. The molecule has 0 fully saturated rings. The molecule has 50 heavy (non-hydrogen) atoms. The van der Waals surface area contributed by atoms with Gasteiger partial charge in [0.15, 0.2) is 23.0 Å². The number of fused-ring (bicyclic) bond motifs is 2. The fraction of sp³-hybridized carbons (Fsp3) is 0.667. The second-order valence-corrected chi connectivity index (χ2v) is 16.5. The number of halogens is 4. The van der Waals surface area contributed by atoms with Crippen LogP contribution in [0.25, 0.3) is 21.5 Å². The van der Waals surface area contributed by atoms with Gasteiger partial charge in [0.25, 0.3) is 0 Å². The first-order valence-electron chi connectivity index (χ1n) is 19.5. The molecule has 0 heterocycles. The SMILES string of the molecule is BrCCCCCCCOc1cc2cc3cc(OCCCCCCCBr)c(OCCCCCCCBr)cc3cc2cc1OCCCCCCCBr. The number of hydrogen-bond acceptors (Lipinski definition) is 4. The minimum Gasteiger partial charge on any atom is -0.490 e. The molecular weight excluding hydrogens is 888 g/mol. The predicted octanol–water partition coefficient (Wildman–Crippen LogP) is 14.9. The Kier molecular flexibility index (Phi) is 25.1. The number of ether oxygens (including phenoxy) is 4. The molecule has 3 rings (SSSR count). The Balaban J connectivity index is 1.78. The molecule has 0 saturated heterocycles. The average Bonchev–Trinajstić information content (AvgIpc) is 3.12. The van der Waals surface area contributed by atoms with E-state index in [1.165, 1.54) is 103 Å². The van der Waals surface area contributed by atoms with E-state index in [9.17, 15) is 0 Å². The van der Waals surface area contributed by atoms with Crippen LogP contribution in [0.2, 0.25) is 0 Å². The average molecular weight is 951 g/mol. The Morgan fingerprint density at radius 1 is 0.260 bits per heavy atom. The first-order chi connectivity index (χ1) is 24.7. The molecular formula is C42H62Br4O4. The van der Waals surface area contributed by atoms with Gasteiger partial charge in [0.05, 0.1) is 26.4 Å². The molecule has 0 saturated carbocycles. The maximum Gasteiger partial charge on any atom is 0.161 e. The van der Waals surface area contributed by atoms with Gasteiger partial charge in [-0.3, -0.25) is 0 Å². The third kappa shape index (κ3) is 17.9. The summed E-state index contributed by atoms with van der Waals surface area (Å²) in [5, 5.41) is 8.97. The van der Waals surface area contributed by atoms with Crippen LogP contribution in [-0.4, -0.2) is 47.7 Å². The molecule has 0 atom stereocenters. The van der Waals surface area contributed by atoms with E-state index < -0.39 is 0 Å². The summed E-state index contributed by atoms with van der Waals surface area (Å²) in [5.74, 6) is 3.40. The van der Waals surface area contributed by atoms with Crippen LogP contribution in [0.15, 0.2) is 36.4 Å². The maximum absolute atomic E-state index is 6.41.